The van der Waals surface area contributed by atoms with Gasteiger partial charge in [-0.15, -0.1) is 0 Å². The lowest BCUT2D eigenvalue weighted by molar-refractivity contribution is -0.256. The lowest BCUT2D eigenvalue weighted by Gasteiger charge is -2.42. The van der Waals surface area contributed by atoms with E-state index < -0.39 is 89.2 Å². The SMILES string of the molecule is COc1cccc2c1C(=O)c1c(O)c3c(c(O)c1C2=O)C[C@@](O)(C(C)=O)C[C@@H]3O[C@H]1C[C@H](N)[C@H](O)[C@H](CO)O1. The highest BCUT2D eigenvalue weighted by atomic mass is 16.7. The van der Waals surface area contributed by atoms with Gasteiger partial charge >= 0.3 is 0 Å². The maximum atomic E-state index is 13.6. The van der Waals surface area contributed by atoms with Crippen molar-refractivity contribution in [3.05, 3.63) is 51.6 Å². The van der Waals surface area contributed by atoms with Crippen LogP contribution in [0.4, 0.5) is 0 Å². The van der Waals surface area contributed by atoms with Gasteiger partial charge in [0.1, 0.15) is 29.0 Å². The molecule has 1 fully saturated rings. The molecule has 0 bridgehead atoms. The van der Waals surface area contributed by atoms with Gasteiger partial charge in [0, 0.05) is 42.0 Å². The summed E-state index contributed by atoms with van der Waals surface area (Å²) in [4.78, 5) is 39.6. The maximum Gasteiger partial charge on any atom is 0.202 e. The molecule has 3 aliphatic rings. The normalized spacial score (nSPS) is 29.8. The zero-order chi connectivity index (χ0) is 28.4. The number of benzene rings is 2. The Bertz CT molecular complexity index is 1390. The Kier molecular flexibility index (Phi) is 6.74. The minimum atomic E-state index is -2.05. The van der Waals surface area contributed by atoms with Gasteiger partial charge in [0.25, 0.3) is 0 Å². The number of nitrogens with two attached hydrogens (primary N) is 1. The molecule has 12 heteroatoms. The number of carbonyl (C=O) groups is 3. The summed E-state index contributed by atoms with van der Waals surface area (Å²) in [6.45, 7) is 0.588. The van der Waals surface area contributed by atoms with Gasteiger partial charge in [0.05, 0.1) is 42.6 Å². The number of aromatic hydroxyl groups is 2. The number of ketones is 3. The van der Waals surface area contributed by atoms with Gasteiger partial charge < -0.3 is 45.5 Å². The number of phenols is 2. The molecule has 1 heterocycles. The van der Waals surface area contributed by atoms with Crippen LogP contribution < -0.4 is 10.5 Å². The third kappa shape index (κ3) is 4.11. The third-order valence-corrected chi connectivity index (χ3v) is 7.84. The summed E-state index contributed by atoms with van der Waals surface area (Å²) in [5, 5.41) is 53.7. The third-order valence-electron chi connectivity index (χ3n) is 7.84. The number of Topliss-reactive ketones (excluding diaryl/α,β-unsaturated/α-hetero) is 1. The fourth-order valence-electron chi connectivity index (χ4n) is 5.69. The average molecular weight is 544 g/mol. The van der Waals surface area contributed by atoms with Crippen molar-refractivity contribution in [1.82, 2.24) is 0 Å². The first-order chi connectivity index (χ1) is 18.4. The van der Waals surface area contributed by atoms with Crippen molar-refractivity contribution in [1.29, 1.82) is 0 Å². The number of carbonyl (C=O) groups excluding carboxylic acids is 3. The molecule has 0 aromatic heterocycles. The first-order valence-electron chi connectivity index (χ1n) is 12.4. The number of hydrogen-bond donors (Lipinski definition) is 6. The minimum absolute atomic E-state index is 0.0369. The van der Waals surface area contributed by atoms with E-state index >= 15 is 0 Å². The van der Waals surface area contributed by atoms with Gasteiger partial charge in [0.15, 0.2) is 17.9 Å². The molecule has 0 saturated carbocycles. The molecule has 1 aliphatic heterocycles. The molecule has 1 saturated heterocycles. The maximum absolute atomic E-state index is 13.6. The highest BCUT2D eigenvalue weighted by Gasteiger charge is 2.49. The molecule has 7 N–H and O–H groups in total. The lowest BCUT2D eigenvalue weighted by atomic mass is 9.72. The summed E-state index contributed by atoms with van der Waals surface area (Å²) < 4.78 is 16.9. The Balaban J connectivity index is 1.67. The smallest absolute Gasteiger partial charge is 0.202 e. The molecule has 0 radical (unpaired) electrons. The van der Waals surface area contributed by atoms with E-state index in [2.05, 4.69) is 0 Å². The van der Waals surface area contributed by atoms with Gasteiger partial charge in [-0.2, -0.15) is 0 Å². The number of rotatable bonds is 5. The van der Waals surface area contributed by atoms with Crippen LogP contribution in [0.1, 0.15) is 68.8 Å². The van der Waals surface area contributed by atoms with Crippen LogP contribution in [0, 0.1) is 0 Å². The van der Waals surface area contributed by atoms with Crippen LogP contribution in [0.5, 0.6) is 17.2 Å². The zero-order valence-corrected chi connectivity index (χ0v) is 21.2. The van der Waals surface area contributed by atoms with Crippen molar-refractivity contribution in [2.45, 2.75) is 62.4 Å². The molecule has 0 amide bonds. The van der Waals surface area contributed by atoms with E-state index in [-0.39, 0.29) is 40.8 Å². The van der Waals surface area contributed by atoms with E-state index in [0.717, 1.165) is 6.92 Å². The summed E-state index contributed by atoms with van der Waals surface area (Å²) in [7, 11) is 1.32. The summed E-state index contributed by atoms with van der Waals surface area (Å²) in [6, 6.07) is 3.54. The molecule has 0 spiro atoms. The summed E-state index contributed by atoms with van der Waals surface area (Å²) in [6.07, 6.45) is -5.60. The molecule has 6 atom stereocenters. The van der Waals surface area contributed by atoms with Gasteiger partial charge in [-0.05, 0) is 13.0 Å². The van der Waals surface area contributed by atoms with E-state index in [1.54, 1.807) is 0 Å². The van der Waals surface area contributed by atoms with E-state index in [1.807, 2.05) is 0 Å². The second kappa shape index (κ2) is 9.66. The van der Waals surface area contributed by atoms with Gasteiger partial charge in [0.2, 0.25) is 5.78 Å². The highest BCUT2D eigenvalue weighted by molar-refractivity contribution is 6.31. The summed E-state index contributed by atoms with van der Waals surface area (Å²) >= 11 is 0. The fraction of sp³-hybridized carbons (Fsp3) is 0.444. The van der Waals surface area contributed by atoms with Gasteiger partial charge in [-0.1, -0.05) is 12.1 Å². The predicted molar refractivity (Wildman–Crippen MR) is 132 cm³/mol. The molecule has 2 aliphatic carbocycles. The van der Waals surface area contributed by atoms with Crippen LogP contribution in [0.3, 0.4) is 0 Å². The van der Waals surface area contributed by atoms with E-state index in [0.29, 0.717) is 0 Å². The quantitative estimate of drug-likeness (QED) is 0.235. The van der Waals surface area contributed by atoms with Crippen LogP contribution in [-0.2, 0) is 20.7 Å². The number of fused-ring (bicyclic) bond motifs is 3. The Hall–Kier alpha value is -3.39. The molecule has 208 valence electrons. The first kappa shape index (κ1) is 27.2. The highest BCUT2D eigenvalue weighted by Crippen LogP contribution is 2.52. The van der Waals surface area contributed by atoms with Crippen molar-refractivity contribution >= 4 is 17.3 Å². The van der Waals surface area contributed by atoms with Crippen molar-refractivity contribution in [3.63, 3.8) is 0 Å². The van der Waals surface area contributed by atoms with E-state index in [1.165, 1.54) is 25.3 Å². The summed E-state index contributed by atoms with van der Waals surface area (Å²) in [5.74, 6) is -3.38. The Labute approximate surface area is 222 Å². The molecular weight excluding hydrogens is 514 g/mol. The topological polar surface area (TPSA) is 206 Å². The van der Waals surface area contributed by atoms with Gasteiger partial charge in [-0.25, -0.2) is 0 Å². The van der Waals surface area contributed by atoms with Crippen LogP contribution in [-0.4, -0.2) is 86.7 Å². The number of ether oxygens (including phenoxy) is 3. The van der Waals surface area contributed by atoms with E-state index in [4.69, 9.17) is 19.9 Å². The van der Waals surface area contributed by atoms with E-state index in [9.17, 15) is 39.9 Å². The van der Waals surface area contributed by atoms with Crippen molar-refractivity contribution in [2.24, 2.45) is 5.73 Å². The Morgan fingerprint density at radius 3 is 2.49 bits per heavy atom. The molecule has 2 aromatic carbocycles. The standard InChI is InChI=1S/C27H29NO11/c1-10(30)27(36)7-12-19(15(8-27)38-17-6-13(28)24(33)16(9-29)39-17)26(35)21-20(23(12)32)22(31)11-4-3-5-14(37-2)18(11)25(21)34/h3-5,13,15-17,24,29,32-33,35-36H,6-9,28H2,1-2H3/t13-,15-,16-,17+,24-,27-/m0/s1. The van der Waals surface area contributed by atoms with Crippen molar-refractivity contribution in [3.8, 4) is 17.2 Å². The van der Waals surface area contributed by atoms with Crippen molar-refractivity contribution < 1.29 is 54.1 Å². The summed E-state index contributed by atoms with van der Waals surface area (Å²) in [5.41, 5.74) is 2.67. The monoisotopic (exact) mass is 543 g/mol. The fourth-order valence-corrected chi connectivity index (χ4v) is 5.69. The molecule has 0 unspecified atom stereocenters. The zero-order valence-electron chi connectivity index (χ0n) is 21.2. The molecule has 39 heavy (non-hydrogen) atoms. The van der Waals surface area contributed by atoms with Crippen LogP contribution in [0.25, 0.3) is 0 Å². The average Bonchev–Trinajstić information content (AvgIpc) is 2.90. The molecular formula is C27H29NO11. The number of phenolic OH excluding ortho intramolecular Hbond substituents is 2. The second-order valence-corrected chi connectivity index (χ2v) is 10.2. The number of aliphatic hydroxyl groups excluding tert-OH is 2. The van der Waals surface area contributed by atoms with Gasteiger partial charge in [-0.3, -0.25) is 14.4 Å². The lowest BCUT2D eigenvalue weighted by Crippen LogP contribution is -2.54. The molecule has 5 rings (SSSR count). The Morgan fingerprint density at radius 2 is 1.85 bits per heavy atom. The number of hydrogen-bond acceptors (Lipinski definition) is 12. The van der Waals surface area contributed by atoms with Crippen molar-refractivity contribution in [2.75, 3.05) is 13.7 Å². The molecule has 12 nitrogen and oxygen atoms in total. The number of aliphatic hydroxyl groups is 3. The molecule has 2 aromatic rings. The van der Waals surface area contributed by atoms with Crippen LogP contribution >= 0.6 is 0 Å². The minimum Gasteiger partial charge on any atom is -0.507 e. The predicted octanol–water partition coefficient (Wildman–Crippen LogP) is 0.00130. The number of methoxy groups -OCH3 is 1. The largest absolute Gasteiger partial charge is 0.507 e. The Morgan fingerprint density at radius 1 is 1.15 bits per heavy atom. The van der Waals surface area contributed by atoms with Crippen LogP contribution in [0.2, 0.25) is 0 Å². The second-order valence-electron chi connectivity index (χ2n) is 10.2. The first-order valence-corrected chi connectivity index (χ1v) is 12.4. The van der Waals surface area contributed by atoms with Crippen LogP contribution in [0.15, 0.2) is 18.2 Å².